The van der Waals surface area contributed by atoms with Gasteiger partial charge in [-0.3, -0.25) is 0 Å². The molecule has 67 valence electrons. The summed E-state index contributed by atoms with van der Waals surface area (Å²) in [5, 5.41) is 0. The van der Waals surface area contributed by atoms with Gasteiger partial charge < -0.3 is 9.16 Å². The predicted molar refractivity (Wildman–Crippen MR) is 46.7 cm³/mol. The van der Waals surface area contributed by atoms with Crippen LogP contribution < -0.4 is 0 Å². The molecule has 0 aliphatic heterocycles. The first-order chi connectivity index (χ1) is 5.61. The van der Waals surface area contributed by atoms with Crippen LogP contribution in [0.25, 0.3) is 0 Å². The molecule has 1 unspecified atom stereocenters. The van der Waals surface area contributed by atoms with Crippen LogP contribution in [0.15, 0.2) is 12.2 Å². The molecule has 0 aromatic rings. The third-order valence-electron chi connectivity index (χ3n) is 1.35. The molecule has 0 aliphatic rings. The molecule has 0 aliphatic carbocycles. The van der Waals surface area contributed by atoms with Crippen molar-refractivity contribution in [2.75, 3.05) is 6.61 Å². The average Bonchev–Trinajstić information content (AvgIpc) is 2.03. The maximum Gasteiger partial charge on any atom is 0.333 e. The van der Waals surface area contributed by atoms with Crippen LogP contribution in [0.2, 0.25) is 0 Å². The number of esters is 1. The van der Waals surface area contributed by atoms with E-state index in [1.807, 2.05) is 6.92 Å². The first-order valence-corrected chi connectivity index (χ1v) is 4.17. The summed E-state index contributed by atoms with van der Waals surface area (Å²) in [4.78, 5) is 11.0. The molecule has 0 rings (SSSR count). The predicted octanol–water partition coefficient (Wildman–Crippen LogP) is 0.984. The topological polar surface area (TPSA) is 35.5 Å². The molecule has 3 radical (unpaired) electrons. The van der Waals surface area contributed by atoms with Gasteiger partial charge in [0.15, 0.2) is 0 Å². The molecular formula is C8H13O3Si. The number of carbonyl (C=O) groups is 1. The van der Waals surface area contributed by atoms with Crippen LogP contribution in [0, 0.1) is 0 Å². The Hall–Kier alpha value is -0.613. The molecule has 0 amide bonds. The Kier molecular flexibility index (Phi) is 5.66. The fraction of sp³-hybridized carbons (Fsp3) is 0.625. The summed E-state index contributed by atoms with van der Waals surface area (Å²) >= 11 is 0. The Morgan fingerprint density at radius 1 is 1.67 bits per heavy atom. The third kappa shape index (κ3) is 4.30. The number of carbonyl (C=O) groups excluding carboxylic acids is 1. The number of rotatable bonds is 5. The van der Waals surface area contributed by atoms with Crippen LogP contribution in [-0.2, 0) is 14.0 Å². The molecule has 0 bridgehead atoms. The SMILES string of the molecule is C=C(C)C(=O)OC(CC)CO[Si]. The normalized spacial score (nSPS) is 12.2. The molecule has 3 nitrogen and oxygen atoms in total. The molecule has 0 saturated heterocycles. The summed E-state index contributed by atoms with van der Waals surface area (Å²) in [6, 6.07) is 0. The molecule has 0 N–H and O–H groups in total. The second-order valence-electron chi connectivity index (χ2n) is 2.53. The quantitative estimate of drug-likeness (QED) is 0.364. The molecule has 0 aromatic carbocycles. The van der Waals surface area contributed by atoms with Crippen molar-refractivity contribution < 1.29 is 14.0 Å². The molecule has 0 saturated carbocycles. The molecule has 0 spiro atoms. The summed E-state index contributed by atoms with van der Waals surface area (Å²) < 4.78 is 9.68. The lowest BCUT2D eigenvalue weighted by atomic mass is 10.3. The van der Waals surface area contributed by atoms with Gasteiger partial charge in [-0.1, -0.05) is 13.5 Å². The van der Waals surface area contributed by atoms with Crippen molar-refractivity contribution in [2.24, 2.45) is 0 Å². The number of hydrogen-bond donors (Lipinski definition) is 0. The van der Waals surface area contributed by atoms with Gasteiger partial charge in [0.1, 0.15) is 6.10 Å². The van der Waals surface area contributed by atoms with Crippen molar-refractivity contribution in [3.63, 3.8) is 0 Å². The van der Waals surface area contributed by atoms with Crippen molar-refractivity contribution in [3.05, 3.63) is 12.2 Å². The maximum absolute atomic E-state index is 11.0. The van der Waals surface area contributed by atoms with Gasteiger partial charge in [-0.2, -0.15) is 0 Å². The third-order valence-corrected chi connectivity index (χ3v) is 1.51. The van der Waals surface area contributed by atoms with Crippen molar-refractivity contribution in [1.29, 1.82) is 0 Å². The van der Waals surface area contributed by atoms with Crippen molar-refractivity contribution in [3.8, 4) is 0 Å². The number of hydrogen-bond acceptors (Lipinski definition) is 3. The lowest BCUT2D eigenvalue weighted by Gasteiger charge is -2.14. The minimum Gasteiger partial charge on any atom is -0.457 e. The van der Waals surface area contributed by atoms with Gasteiger partial charge in [0, 0.05) is 5.57 Å². The minimum atomic E-state index is -0.370. The van der Waals surface area contributed by atoms with Gasteiger partial charge in [-0.15, -0.1) is 0 Å². The fourth-order valence-electron chi connectivity index (χ4n) is 0.580. The van der Waals surface area contributed by atoms with Gasteiger partial charge >= 0.3 is 5.97 Å². The van der Waals surface area contributed by atoms with E-state index in [1.165, 1.54) is 0 Å². The smallest absolute Gasteiger partial charge is 0.333 e. The van der Waals surface area contributed by atoms with E-state index in [2.05, 4.69) is 21.5 Å². The first kappa shape index (κ1) is 11.4. The van der Waals surface area contributed by atoms with Crippen molar-refractivity contribution >= 4 is 16.5 Å². The van der Waals surface area contributed by atoms with E-state index in [4.69, 9.17) is 4.74 Å². The Balaban J connectivity index is 3.85. The van der Waals surface area contributed by atoms with Gasteiger partial charge in [-0.25, -0.2) is 4.79 Å². The molecule has 0 heterocycles. The zero-order valence-corrected chi connectivity index (χ0v) is 8.42. The fourth-order valence-corrected chi connectivity index (χ4v) is 0.766. The van der Waals surface area contributed by atoms with Gasteiger partial charge in [0.25, 0.3) is 0 Å². The average molecular weight is 185 g/mol. The zero-order chi connectivity index (χ0) is 9.56. The van der Waals surface area contributed by atoms with E-state index in [0.29, 0.717) is 12.2 Å². The summed E-state index contributed by atoms with van der Waals surface area (Å²) in [6.07, 6.45) is 0.524. The van der Waals surface area contributed by atoms with E-state index < -0.39 is 0 Å². The Labute approximate surface area is 76.3 Å². The summed E-state index contributed by atoms with van der Waals surface area (Å²) in [5.74, 6) is -0.370. The van der Waals surface area contributed by atoms with Gasteiger partial charge in [0.05, 0.1) is 6.61 Å². The van der Waals surface area contributed by atoms with Gasteiger partial charge in [-0.05, 0) is 13.3 Å². The van der Waals surface area contributed by atoms with E-state index in [0.717, 1.165) is 6.42 Å². The van der Waals surface area contributed by atoms with E-state index in [-0.39, 0.29) is 12.1 Å². The van der Waals surface area contributed by atoms with E-state index in [9.17, 15) is 4.79 Å². The summed E-state index contributed by atoms with van der Waals surface area (Å²) in [7, 11) is 2.85. The highest BCUT2D eigenvalue weighted by molar-refractivity contribution is 5.98. The Morgan fingerprint density at radius 2 is 2.25 bits per heavy atom. The number of ether oxygens (including phenoxy) is 1. The van der Waals surface area contributed by atoms with Crippen LogP contribution in [0.4, 0.5) is 0 Å². The van der Waals surface area contributed by atoms with Crippen molar-refractivity contribution in [2.45, 2.75) is 26.4 Å². The summed E-state index contributed by atoms with van der Waals surface area (Å²) in [5.41, 5.74) is 0.405. The maximum atomic E-state index is 11.0. The van der Waals surface area contributed by atoms with Crippen LogP contribution in [0.5, 0.6) is 0 Å². The molecule has 0 fully saturated rings. The van der Waals surface area contributed by atoms with E-state index >= 15 is 0 Å². The Morgan fingerprint density at radius 3 is 2.58 bits per heavy atom. The highest BCUT2D eigenvalue weighted by atomic mass is 28.2. The second-order valence-corrected chi connectivity index (χ2v) is 2.82. The molecular weight excluding hydrogens is 172 g/mol. The summed E-state index contributed by atoms with van der Waals surface area (Å²) in [6.45, 7) is 7.36. The van der Waals surface area contributed by atoms with Crippen LogP contribution in [-0.4, -0.2) is 29.2 Å². The largest absolute Gasteiger partial charge is 0.457 e. The lowest BCUT2D eigenvalue weighted by Crippen LogP contribution is -2.22. The second kappa shape index (κ2) is 5.96. The van der Waals surface area contributed by atoms with Crippen molar-refractivity contribution in [1.82, 2.24) is 0 Å². The van der Waals surface area contributed by atoms with E-state index in [1.54, 1.807) is 6.92 Å². The van der Waals surface area contributed by atoms with Crippen LogP contribution >= 0.6 is 0 Å². The highest BCUT2D eigenvalue weighted by Gasteiger charge is 2.11. The Bertz CT molecular complexity index is 168. The van der Waals surface area contributed by atoms with Crippen LogP contribution in [0.1, 0.15) is 20.3 Å². The monoisotopic (exact) mass is 185 g/mol. The molecule has 4 heteroatoms. The van der Waals surface area contributed by atoms with Crippen LogP contribution in [0.3, 0.4) is 0 Å². The lowest BCUT2D eigenvalue weighted by molar-refractivity contribution is -0.145. The van der Waals surface area contributed by atoms with Gasteiger partial charge in [0.2, 0.25) is 10.5 Å². The molecule has 12 heavy (non-hydrogen) atoms. The molecule has 0 aromatic heterocycles. The standard InChI is InChI=1S/C8H13O3Si/c1-4-7(5-10-12)11-8(9)6(2)3/h7H,2,4-5H2,1,3H3. The zero-order valence-electron chi connectivity index (χ0n) is 7.42. The first-order valence-electron chi connectivity index (χ1n) is 3.76. The molecule has 1 atom stereocenters. The minimum absolute atomic E-state index is 0.202. The highest BCUT2D eigenvalue weighted by Crippen LogP contribution is 2.02.